The number of nitrogens with one attached hydrogen (secondary N) is 2. The molecule has 0 radical (unpaired) electrons. The fraction of sp³-hybridized carbons (Fsp3) is 0.480. The van der Waals surface area contributed by atoms with Crippen LogP contribution in [0.4, 0.5) is 23.5 Å². The SMILES string of the molecule is C[Si](C)(C)CCOCn1cc(-c2nc(N[C@@H]3CNC[C@@H](F)C3)ncc2C(F)(F)F)c2ccc(C#N)cc21. The number of piperidine rings is 1. The molecule has 4 rings (SSSR count). The van der Waals surface area contributed by atoms with Crippen LogP contribution in [-0.2, 0) is 17.6 Å². The smallest absolute Gasteiger partial charge is 0.361 e. The fourth-order valence-electron chi connectivity index (χ4n) is 4.24. The van der Waals surface area contributed by atoms with Crippen LogP contribution in [0.1, 0.15) is 17.5 Å². The zero-order valence-corrected chi connectivity index (χ0v) is 22.0. The van der Waals surface area contributed by atoms with E-state index in [2.05, 4.69) is 46.3 Å². The molecular formula is C25H30F4N6OSi. The summed E-state index contributed by atoms with van der Waals surface area (Å²) in [6, 6.07) is 7.47. The van der Waals surface area contributed by atoms with Gasteiger partial charge in [0, 0.05) is 63.6 Å². The second-order valence-electron chi connectivity index (χ2n) is 10.5. The number of fused-ring (bicyclic) bond motifs is 1. The normalized spacial score (nSPS) is 18.6. The highest BCUT2D eigenvalue weighted by Gasteiger charge is 2.36. The first kappa shape index (κ1) is 27.0. The summed E-state index contributed by atoms with van der Waals surface area (Å²) in [5.74, 6) is -0.00942. The van der Waals surface area contributed by atoms with E-state index in [0.717, 1.165) is 12.2 Å². The van der Waals surface area contributed by atoms with Gasteiger partial charge in [-0.3, -0.25) is 0 Å². The second kappa shape index (κ2) is 10.8. The summed E-state index contributed by atoms with van der Waals surface area (Å²) in [5, 5.41) is 15.8. The molecule has 3 heterocycles. The van der Waals surface area contributed by atoms with E-state index in [1.165, 1.54) is 0 Å². The van der Waals surface area contributed by atoms with Gasteiger partial charge in [0.25, 0.3) is 0 Å². The molecule has 7 nitrogen and oxygen atoms in total. The lowest BCUT2D eigenvalue weighted by molar-refractivity contribution is -0.137. The number of nitriles is 1. The van der Waals surface area contributed by atoms with E-state index in [4.69, 9.17) is 4.74 Å². The van der Waals surface area contributed by atoms with Gasteiger partial charge in [-0.2, -0.15) is 18.4 Å². The van der Waals surface area contributed by atoms with E-state index >= 15 is 0 Å². The number of hydrogen-bond donors (Lipinski definition) is 2. The van der Waals surface area contributed by atoms with Gasteiger partial charge in [0.2, 0.25) is 5.95 Å². The van der Waals surface area contributed by atoms with E-state index in [1.54, 1.807) is 29.0 Å². The number of hydrogen-bond acceptors (Lipinski definition) is 6. The molecule has 37 heavy (non-hydrogen) atoms. The average molecular weight is 535 g/mol. The highest BCUT2D eigenvalue weighted by Crippen LogP contribution is 2.39. The summed E-state index contributed by atoms with van der Waals surface area (Å²) in [4.78, 5) is 8.14. The standard InChI is InChI=1S/C25H30F4N6OSi/c1-37(2,3)7-6-36-15-35-14-20(19-5-4-16(10-30)8-22(19)35)23-21(25(27,28)29)13-32-24(34-23)33-18-9-17(26)11-31-12-18/h4-5,8,13-14,17-18,31H,6-7,9,11-12,15H2,1-3H3,(H,32,33,34)/t17-,18-/m0/s1. The van der Waals surface area contributed by atoms with Crippen molar-refractivity contribution in [2.75, 3.05) is 25.0 Å². The van der Waals surface area contributed by atoms with Crippen molar-refractivity contribution in [1.29, 1.82) is 5.26 Å². The summed E-state index contributed by atoms with van der Waals surface area (Å²) in [6.07, 6.45) is -3.22. The predicted molar refractivity (Wildman–Crippen MR) is 137 cm³/mol. The maximum atomic E-state index is 14.0. The lowest BCUT2D eigenvalue weighted by atomic mass is 10.0. The Hall–Kier alpha value is -3.01. The molecule has 198 valence electrons. The minimum absolute atomic E-state index is 0.00942. The minimum Gasteiger partial charge on any atom is -0.361 e. The van der Waals surface area contributed by atoms with E-state index < -0.39 is 26.0 Å². The van der Waals surface area contributed by atoms with E-state index in [-0.39, 0.29) is 42.9 Å². The molecule has 1 saturated heterocycles. The maximum absolute atomic E-state index is 14.0. The van der Waals surface area contributed by atoms with Crippen molar-refractivity contribution in [2.24, 2.45) is 0 Å². The Bertz CT molecular complexity index is 1300. The Morgan fingerprint density at radius 1 is 1.27 bits per heavy atom. The van der Waals surface area contributed by atoms with Crippen molar-refractivity contribution in [3.05, 3.63) is 41.7 Å². The van der Waals surface area contributed by atoms with E-state index in [9.17, 15) is 22.8 Å². The van der Waals surface area contributed by atoms with E-state index in [0.29, 0.717) is 29.6 Å². The van der Waals surface area contributed by atoms with Crippen LogP contribution >= 0.6 is 0 Å². The number of halogens is 4. The number of alkyl halides is 4. The first-order valence-corrected chi connectivity index (χ1v) is 15.8. The zero-order chi connectivity index (χ0) is 26.8. The molecule has 2 aromatic heterocycles. The Morgan fingerprint density at radius 3 is 2.73 bits per heavy atom. The molecule has 0 amide bonds. The Labute approximate surface area is 213 Å². The molecule has 1 fully saturated rings. The molecule has 1 aliphatic heterocycles. The minimum atomic E-state index is -4.70. The first-order chi connectivity index (χ1) is 17.4. The zero-order valence-electron chi connectivity index (χ0n) is 21.0. The number of anilines is 1. The molecule has 0 aliphatic carbocycles. The van der Waals surface area contributed by atoms with Crippen LogP contribution < -0.4 is 10.6 Å². The van der Waals surface area contributed by atoms with Gasteiger partial charge < -0.3 is 19.9 Å². The van der Waals surface area contributed by atoms with Crippen LogP contribution in [0.5, 0.6) is 0 Å². The lowest BCUT2D eigenvalue weighted by Crippen LogP contribution is -2.44. The number of rotatable bonds is 8. The summed E-state index contributed by atoms with van der Waals surface area (Å²) in [5.41, 5.74) is -0.0733. The third-order valence-corrected chi connectivity index (χ3v) is 7.92. The molecule has 0 spiro atoms. The summed E-state index contributed by atoms with van der Waals surface area (Å²) < 4.78 is 63.5. The van der Waals surface area contributed by atoms with Crippen LogP contribution in [0.2, 0.25) is 25.7 Å². The fourth-order valence-corrected chi connectivity index (χ4v) is 5.00. The third kappa shape index (κ3) is 6.66. The molecule has 2 N–H and O–H groups in total. The van der Waals surface area contributed by atoms with Crippen molar-refractivity contribution >= 4 is 24.9 Å². The lowest BCUT2D eigenvalue weighted by Gasteiger charge is -2.26. The summed E-state index contributed by atoms with van der Waals surface area (Å²) >= 11 is 0. The van der Waals surface area contributed by atoms with Gasteiger partial charge in [-0.15, -0.1) is 0 Å². The van der Waals surface area contributed by atoms with Crippen LogP contribution in [0, 0.1) is 11.3 Å². The largest absolute Gasteiger partial charge is 0.419 e. The highest BCUT2D eigenvalue weighted by molar-refractivity contribution is 6.76. The highest BCUT2D eigenvalue weighted by atomic mass is 28.3. The number of ether oxygens (including phenoxy) is 1. The van der Waals surface area contributed by atoms with Crippen molar-refractivity contribution in [3.8, 4) is 17.3 Å². The molecule has 1 aromatic carbocycles. The summed E-state index contributed by atoms with van der Waals surface area (Å²) in [6.45, 7) is 8.04. The van der Waals surface area contributed by atoms with Crippen LogP contribution in [-0.4, -0.2) is 54.5 Å². The van der Waals surface area contributed by atoms with Crippen molar-refractivity contribution in [2.45, 2.75) is 57.2 Å². The Balaban J connectivity index is 1.74. The summed E-state index contributed by atoms with van der Waals surface area (Å²) in [7, 11) is -1.32. The van der Waals surface area contributed by atoms with Crippen LogP contribution in [0.25, 0.3) is 22.2 Å². The van der Waals surface area contributed by atoms with Crippen LogP contribution in [0.3, 0.4) is 0 Å². The molecule has 0 bridgehead atoms. The second-order valence-corrected chi connectivity index (χ2v) is 16.1. The maximum Gasteiger partial charge on any atom is 0.419 e. The monoisotopic (exact) mass is 534 g/mol. The molecular weight excluding hydrogens is 504 g/mol. The van der Waals surface area contributed by atoms with Gasteiger partial charge in [-0.05, 0) is 18.2 Å². The predicted octanol–water partition coefficient (Wildman–Crippen LogP) is 5.41. The van der Waals surface area contributed by atoms with Crippen molar-refractivity contribution in [1.82, 2.24) is 19.9 Å². The van der Waals surface area contributed by atoms with Gasteiger partial charge in [-0.1, -0.05) is 25.7 Å². The van der Waals surface area contributed by atoms with Gasteiger partial charge in [0.1, 0.15) is 18.5 Å². The van der Waals surface area contributed by atoms with Crippen molar-refractivity contribution in [3.63, 3.8) is 0 Å². The number of aromatic nitrogens is 3. The topological polar surface area (TPSA) is 87.8 Å². The molecule has 0 saturated carbocycles. The number of nitrogens with zero attached hydrogens (tertiary/aromatic N) is 4. The molecule has 0 unspecified atom stereocenters. The Kier molecular flexibility index (Phi) is 7.87. The van der Waals surface area contributed by atoms with E-state index in [1.807, 2.05) is 0 Å². The van der Waals surface area contributed by atoms with Gasteiger partial charge in [0.15, 0.2) is 0 Å². The van der Waals surface area contributed by atoms with Gasteiger partial charge in [0.05, 0.1) is 22.8 Å². The third-order valence-electron chi connectivity index (χ3n) is 6.22. The number of benzene rings is 1. The van der Waals surface area contributed by atoms with Crippen LogP contribution in [0.15, 0.2) is 30.6 Å². The Morgan fingerprint density at radius 2 is 2.05 bits per heavy atom. The van der Waals surface area contributed by atoms with Gasteiger partial charge >= 0.3 is 6.18 Å². The molecule has 3 aromatic rings. The quantitative estimate of drug-likeness (QED) is 0.228. The molecule has 2 atom stereocenters. The average Bonchev–Trinajstić information content (AvgIpc) is 3.18. The van der Waals surface area contributed by atoms with Crippen molar-refractivity contribution < 1.29 is 22.3 Å². The molecule has 12 heteroatoms. The first-order valence-electron chi connectivity index (χ1n) is 12.1. The molecule has 1 aliphatic rings. The van der Waals surface area contributed by atoms with Gasteiger partial charge in [-0.25, -0.2) is 14.4 Å².